The summed E-state index contributed by atoms with van der Waals surface area (Å²) in [6.45, 7) is 2.56. The fraction of sp³-hybridized carbons (Fsp3) is 0.824. The maximum absolute atomic E-state index is 12.6. The number of piperidine rings is 1. The van der Waals surface area contributed by atoms with E-state index in [1.54, 1.807) is 0 Å². The third kappa shape index (κ3) is 2.44. The Bertz CT molecular complexity index is 547. The third-order valence-electron chi connectivity index (χ3n) is 5.81. The van der Waals surface area contributed by atoms with Gasteiger partial charge in [0.25, 0.3) is 0 Å². The average Bonchev–Trinajstić information content (AvgIpc) is 3.45. The van der Waals surface area contributed by atoms with Crippen LogP contribution >= 0.6 is 0 Å². The van der Waals surface area contributed by atoms with E-state index in [-0.39, 0.29) is 17.2 Å². The van der Waals surface area contributed by atoms with Crippen LogP contribution in [0.5, 0.6) is 0 Å². The number of nitrogens with zero attached hydrogens (tertiary/aromatic N) is 3. The number of carbonyl (C=O) groups is 1. The van der Waals surface area contributed by atoms with Gasteiger partial charge in [-0.2, -0.15) is 10.2 Å². The molecule has 5 nitrogen and oxygen atoms in total. The molecule has 0 aromatic carbocycles. The topological polar surface area (TPSA) is 54.3 Å². The molecule has 4 rings (SSSR count). The van der Waals surface area contributed by atoms with E-state index in [1.807, 2.05) is 4.90 Å². The van der Waals surface area contributed by atoms with Gasteiger partial charge in [-0.3, -0.25) is 4.79 Å². The summed E-state index contributed by atoms with van der Waals surface area (Å²) in [5, 5.41) is 8.22. The van der Waals surface area contributed by atoms with E-state index in [2.05, 4.69) is 16.1 Å². The first-order valence-electron chi connectivity index (χ1n) is 8.46. The number of carbonyl (C=O) groups excluding carboxylic acids is 1. The van der Waals surface area contributed by atoms with Crippen LogP contribution in [-0.4, -0.2) is 41.8 Å². The lowest BCUT2D eigenvalue weighted by molar-refractivity contribution is -0.141. The molecule has 1 amide bonds. The Hall–Kier alpha value is -1.41. The maximum Gasteiger partial charge on any atom is 0.222 e. The number of fused-ring (bicyclic) bond motifs is 2. The van der Waals surface area contributed by atoms with Crippen molar-refractivity contribution in [1.82, 2.24) is 4.90 Å². The second-order valence-corrected chi connectivity index (χ2v) is 7.28. The number of hydrogen-bond acceptors (Lipinski definition) is 4. The van der Waals surface area contributed by atoms with Crippen LogP contribution in [0.3, 0.4) is 0 Å². The van der Waals surface area contributed by atoms with Crippen LogP contribution < -0.4 is 0 Å². The van der Waals surface area contributed by atoms with Crippen molar-refractivity contribution in [3.63, 3.8) is 0 Å². The molecular weight excluding hydrogens is 278 g/mol. The summed E-state index contributed by atoms with van der Waals surface area (Å²) in [5.74, 6) is 4.33. The highest BCUT2D eigenvalue weighted by Crippen LogP contribution is 2.57. The van der Waals surface area contributed by atoms with Crippen LogP contribution in [0, 0.1) is 24.2 Å². The molecular formula is C17H23N3O2. The first-order chi connectivity index (χ1) is 10.7. The molecule has 3 heterocycles. The predicted molar refractivity (Wildman–Crippen MR) is 81.0 cm³/mol. The van der Waals surface area contributed by atoms with Crippen molar-refractivity contribution in [2.45, 2.75) is 56.2 Å². The molecule has 3 aliphatic heterocycles. The molecule has 1 spiro atoms. The highest BCUT2D eigenvalue weighted by atomic mass is 16.5. The Morgan fingerprint density at radius 1 is 1.41 bits per heavy atom. The zero-order valence-corrected chi connectivity index (χ0v) is 13.0. The van der Waals surface area contributed by atoms with E-state index >= 15 is 0 Å². The van der Waals surface area contributed by atoms with Gasteiger partial charge in [0.15, 0.2) is 5.66 Å². The first-order valence-corrected chi connectivity index (χ1v) is 8.46. The van der Waals surface area contributed by atoms with E-state index in [9.17, 15) is 4.79 Å². The van der Waals surface area contributed by atoms with Gasteiger partial charge < -0.3 is 9.64 Å². The van der Waals surface area contributed by atoms with Crippen molar-refractivity contribution in [3.05, 3.63) is 0 Å². The number of ether oxygens (including phenoxy) is 1. The summed E-state index contributed by atoms with van der Waals surface area (Å²) in [5.41, 5.74) is -0.366. The summed E-state index contributed by atoms with van der Waals surface area (Å²) >= 11 is 0. The number of terminal acetylenes is 1. The molecule has 0 N–H and O–H groups in total. The van der Waals surface area contributed by atoms with Gasteiger partial charge in [-0.25, -0.2) is 0 Å². The summed E-state index contributed by atoms with van der Waals surface area (Å²) < 4.78 is 6.08. The van der Waals surface area contributed by atoms with Crippen molar-refractivity contribution >= 4 is 5.91 Å². The van der Waals surface area contributed by atoms with Gasteiger partial charge in [-0.15, -0.1) is 12.3 Å². The zero-order chi connectivity index (χ0) is 15.2. The van der Waals surface area contributed by atoms with E-state index in [0.717, 1.165) is 44.9 Å². The Labute approximate surface area is 131 Å². The van der Waals surface area contributed by atoms with Gasteiger partial charge in [0.05, 0.1) is 12.2 Å². The molecule has 0 radical (unpaired) electrons. The monoisotopic (exact) mass is 301 g/mol. The Balaban J connectivity index is 1.30. The summed E-state index contributed by atoms with van der Waals surface area (Å²) in [4.78, 5) is 14.6. The lowest BCUT2D eigenvalue weighted by atomic mass is 9.87. The molecule has 1 saturated carbocycles. The van der Waals surface area contributed by atoms with Crippen molar-refractivity contribution in [1.29, 1.82) is 0 Å². The fourth-order valence-corrected chi connectivity index (χ4v) is 4.27. The van der Waals surface area contributed by atoms with Gasteiger partial charge in [0.1, 0.15) is 0 Å². The van der Waals surface area contributed by atoms with Gasteiger partial charge in [0.2, 0.25) is 5.91 Å². The molecule has 0 bridgehead atoms. The molecule has 4 aliphatic rings. The van der Waals surface area contributed by atoms with E-state index in [4.69, 9.17) is 11.2 Å². The van der Waals surface area contributed by atoms with Crippen LogP contribution in [-0.2, 0) is 9.53 Å². The SMILES string of the molecule is C#CCCC1(CCC(=O)N2CCCC3(C2)OC[C@@H]2C[C@@H]23)N=N1. The van der Waals surface area contributed by atoms with Crippen molar-refractivity contribution < 1.29 is 9.53 Å². The highest BCUT2D eigenvalue weighted by molar-refractivity contribution is 5.76. The third-order valence-corrected chi connectivity index (χ3v) is 5.81. The zero-order valence-electron chi connectivity index (χ0n) is 13.0. The molecule has 5 heteroatoms. The van der Waals surface area contributed by atoms with Gasteiger partial charge in [-0.05, 0) is 31.1 Å². The second kappa shape index (κ2) is 5.06. The van der Waals surface area contributed by atoms with Crippen LogP contribution in [0.25, 0.3) is 0 Å². The lowest BCUT2D eigenvalue weighted by Gasteiger charge is -2.41. The van der Waals surface area contributed by atoms with Gasteiger partial charge in [-0.1, -0.05) is 0 Å². The lowest BCUT2D eigenvalue weighted by Crippen LogP contribution is -2.51. The van der Waals surface area contributed by atoms with Crippen molar-refractivity contribution in [2.75, 3.05) is 19.7 Å². The first kappa shape index (κ1) is 14.2. The number of rotatable bonds is 5. The smallest absolute Gasteiger partial charge is 0.222 e. The molecule has 118 valence electrons. The van der Waals surface area contributed by atoms with Crippen LogP contribution in [0.2, 0.25) is 0 Å². The minimum atomic E-state index is -0.346. The second-order valence-electron chi connectivity index (χ2n) is 7.28. The quantitative estimate of drug-likeness (QED) is 0.732. The van der Waals surface area contributed by atoms with Crippen LogP contribution in [0.4, 0.5) is 0 Å². The summed E-state index contributed by atoms with van der Waals surface area (Å²) in [6, 6.07) is 0. The van der Waals surface area contributed by atoms with Crippen LogP contribution in [0.1, 0.15) is 44.9 Å². The predicted octanol–water partition coefficient (Wildman–Crippen LogP) is 2.37. The Morgan fingerprint density at radius 3 is 2.91 bits per heavy atom. The normalized spacial score (nSPS) is 37.0. The minimum Gasteiger partial charge on any atom is -0.373 e. The molecule has 0 aromatic rings. The standard InChI is InChI=1S/C17H23N3O2/c1-2-3-7-17(18-19-17)8-5-15(21)20-9-4-6-16(12-20)14-10-13(14)11-22-16/h1,13-14H,3-12H2/t13-,14-,16?/m0/s1. The number of hydrogen-bond donors (Lipinski definition) is 0. The van der Waals surface area contributed by atoms with Crippen molar-refractivity contribution in [3.8, 4) is 12.3 Å². The molecule has 1 aliphatic carbocycles. The van der Waals surface area contributed by atoms with E-state index < -0.39 is 0 Å². The number of likely N-dealkylation sites (tertiary alicyclic amines) is 1. The van der Waals surface area contributed by atoms with Gasteiger partial charge in [0, 0.05) is 38.8 Å². The van der Waals surface area contributed by atoms with E-state index in [1.165, 1.54) is 6.42 Å². The van der Waals surface area contributed by atoms with E-state index in [0.29, 0.717) is 25.2 Å². The molecule has 22 heavy (non-hydrogen) atoms. The molecule has 2 saturated heterocycles. The Morgan fingerprint density at radius 2 is 2.27 bits per heavy atom. The summed E-state index contributed by atoms with van der Waals surface area (Å²) in [7, 11) is 0. The van der Waals surface area contributed by atoms with Crippen molar-refractivity contribution in [2.24, 2.45) is 22.1 Å². The highest BCUT2D eigenvalue weighted by Gasteiger charge is 2.60. The summed E-state index contributed by atoms with van der Waals surface area (Å²) in [6.07, 6.45) is 11.4. The average molecular weight is 301 g/mol. The largest absolute Gasteiger partial charge is 0.373 e. The van der Waals surface area contributed by atoms with Crippen LogP contribution in [0.15, 0.2) is 10.2 Å². The minimum absolute atomic E-state index is 0.0198. The number of amides is 1. The molecule has 0 aromatic heterocycles. The fourth-order valence-electron chi connectivity index (χ4n) is 4.27. The molecule has 3 fully saturated rings. The molecule has 3 atom stereocenters. The maximum atomic E-state index is 12.6. The molecule has 1 unspecified atom stereocenters. The van der Waals surface area contributed by atoms with Gasteiger partial charge >= 0.3 is 0 Å². The Kier molecular flexibility index (Phi) is 3.26.